The van der Waals surface area contributed by atoms with E-state index in [9.17, 15) is 19.2 Å². The summed E-state index contributed by atoms with van der Waals surface area (Å²) < 4.78 is 18.8. The lowest BCUT2D eigenvalue weighted by Crippen LogP contribution is -2.49. The maximum atomic E-state index is 13.4. The molecule has 1 unspecified atom stereocenters. The summed E-state index contributed by atoms with van der Waals surface area (Å²) in [4.78, 5) is 49.5. The van der Waals surface area contributed by atoms with Gasteiger partial charge in [0.25, 0.3) is 0 Å². The zero-order valence-electron chi connectivity index (χ0n) is 27.2. The second-order valence-corrected chi connectivity index (χ2v) is 18.2. The van der Waals surface area contributed by atoms with Gasteiger partial charge in [0.15, 0.2) is 8.32 Å². The lowest BCUT2D eigenvalue weighted by molar-refractivity contribution is -0.145. The van der Waals surface area contributed by atoms with Gasteiger partial charge in [0.05, 0.1) is 12.0 Å². The molecule has 42 heavy (non-hydrogen) atoms. The first-order chi connectivity index (χ1) is 19.6. The van der Waals surface area contributed by atoms with Crippen molar-refractivity contribution in [2.75, 3.05) is 7.11 Å². The molecular weight excluding hydrogens is 550 g/mol. The van der Waals surface area contributed by atoms with Crippen LogP contribution in [0.1, 0.15) is 86.5 Å². The number of cyclic esters (lactones) is 1. The quantitative estimate of drug-likeness (QED) is 0.144. The van der Waals surface area contributed by atoms with Crippen molar-refractivity contribution in [1.29, 1.82) is 0 Å². The zero-order chi connectivity index (χ0) is 31.7. The minimum Gasteiger partial charge on any atom is -0.454 e. The van der Waals surface area contributed by atoms with E-state index in [0.717, 1.165) is 12.0 Å². The smallest absolute Gasteiger partial charge is 0.331 e. The lowest BCUT2D eigenvalue weighted by Gasteiger charge is -2.42. The summed E-state index contributed by atoms with van der Waals surface area (Å²) in [6.07, 6.45) is 11.6. The van der Waals surface area contributed by atoms with E-state index in [4.69, 9.17) is 13.9 Å². The third-order valence-corrected chi connectivity index (χ3v) is 13.3. The largest absolute Gasteiger partial charge is 0.454 e. The first-order valence-corrected chi connectivity index (χ1v) is 18.2. The van der Waals surface area contributed by atoms with Crippen LogP contribution in [0.4, 0.5) is 0 Å². The van der Waals surface area contributed by atoms with Crippen molar-refractivity contribution in [1.82, 2.24) is 5.32 Å². The van der Waals surface area contributed by atoms with Gasteiger partial charge >= 0.3 is 5.97 Å². The molecule has 0 radical (unpaired) electrons. The number of carbonyl (C=O) groups is 4. The summed E-state index contributed by atoms with van der Waals surface area (Å²) in [5.41, 5.74) is 0.791. The predicted molar refractivity (Wildman–Crippen MR) is 167 cm³/mol. The van der Waals surface area contributed by atoms with Crippen LogP contribution in [-0.4, -0.2) is 57.3 Å². The highest BCUT2D eigenvalue weighted by Gasteiger charge is 2.42. The van der Waals surface area contributed by atoms with Gasteiger partial charge < -0.3 is 13.9 Å². The van der Waals surface area contributed by atoms with Crippen LogP contribution >= 0.6 is 0 Å². The highest BCUT2D eigenvalue weighted by molar-refractivity contribution is 6.74. The van der Waals surface area contributed by atoms with Crippen LogP contribution < -0.4 is 5.32 Å². The van der Waals surface area contributed by atoms with Crippen LogP contribution in [0.3, 0.4) is 0 Å². The molecule has 1 saturated heterocycles. The van der Waals surface area contributed by atoms with Crippen molar-refractivity contribution < 1.29 is 33.1 Å². The van der Waals surface area contributed by atoms with Crippen molar-refractivity contribution in [3.8, 4) is 0 Å². The number of rotatable bonds is 9. The SMILES string of the molecule is CO[C@H]1/C=C/CC/C=C/C(=O)OC([C@H](C)C(=O)CCCC2CC(=O)NC(=O)C2)/C(C)=C\[C@@H](C)[C@@H]1O[Si](C)(C)C(C)(C)C. The predicted octanol–water partition coefficient (Wildman–Crippen LogP) is 6.22. The maximum Gasteiger partial charge on any atom is 0.331 e. The van der Waals surface area contributed by atoms with Crippen LogP contribution in [-0.2, 0) is 33.1 Å². The molecule has 0 aromatic carbocycles. The first kappa shape index (κ1) is 35.8. The van der Waals surface area contributed by atoms with E-state index in [0.29, 0.717) is 32.1 Å². The number of hydrogen-bond acceptors (Lipinski definition) is 7. The summed E-state index contributed by atoms with van der Waals surface area (Å²) in [6, 6.07) is 0. The fourth-order valence-electron chi connectivity index (χ4n) is 5.29. The zero-order valence-corrected chi connectivity index (χ0v) is 28.2. The molecule has 236 valence electrons. The number of piperidine rings is 1. The van der Waals surface area contributed by atoms with Gasteiger partial charge in [-0.05, 0) is 62.2 Å². The molecule has 2 aliphatic rings. The molecule has 0 aromatic heterocycles. The molecule has 0 spiro atoms. The molecule has 0 saturated carbocycles. The molecule has 0 aromatic rings. The maximum absolute atomic E-state index is 13.4. The van der Waals surface area contributed by atoms with Crippen LogP contribution in [0.2, 0.25) is 18.1 Å². The van der Waals surface area contributed by atoms with Gasteiger partial charge in [0.2, 0.25) is 11.8 Å². The van der Waals surface area contributed by atoms with E-state index in [1.54, 1.807) is 20.1 Å². The highest BCUT2D eigenvalue weighted by Crippen LogP contribution is 2.39. The summed E-state index contributed by atoms with van der Waals surface area (Å²) in [5, 5.41) is 2.33. The Morgan fingerprint density at radius 1 is 1.12 bits per heavy atom. The second-order valence-electron chi connectivity index (χ2n) is 13.5. The number of amides is 2. The Morgan fingerprint density at radius 2 is 1.74 bits per heavy atom. The lowest BCUT2D eigenvalue weighted by atomic mass is 9.86. The Hall–Kier alpha value is -2.36. The number of hydrogen-bond donors (Lipinski definition) is 1. The Balaban J connectivity index is 2.31. The van der Waals surface area contributed by atoms with E-state index in [1.807, 2.05) is 6.92 Å². The van der Waals surface area contributed by atoms with Gasteiger partial charge in [-0.1, -0.05) is 58.9 Å². The number of nitrogens with one attached hydrogen (secondary N) is 1. The van der Waals surface area contributed by atoms with Crippen molar-refractivity contribution in [2.24, 2.45) is 17.8 Å². The summed E-state index contributed by atoms with van der Waals surface area (Å²) >= 11 is 0. The minimum atomic E-state index is -2.17. The Labute approximate surface area is 253 Å². The van der Waals surface area contributed by atoms with Crippen LogP contribution in [0.15, 0.2) is 36.0 Å². The number of ketones is 1. The molecule has 2 aliphatic heterocycles. The number of carbonyl (C=O) groups excluding carboxylic acids is 4. The average Bonchev–Trinajstić information content (AvgIpc) is 2.88. The van der Waals surface area contributed by atoms with E-state index >= 15 is 0 Å². The van der Waals surface area contributed by atoms with E-state index < -0.39 is 26.3 Å². The molecule has 0 aliphatic carbocycles. The van der Waals surface area contributed by atoms with Crippen molar-refractivity contribution in [3.63, 3.8) is 0 Å². The van der Waals surface area contributed by atoms with Crippen LogP contribution in [0.5, 0.6) is 0 Å². The molecule has 2 rings (SSSR count). The summed E-state index contributed by atoms with van der Waals surface area (Å²) in [7, 11) is -0.470. The monoisotopic (exact) mass is 603 g/mol. The van der Waals surface area contributed by atoms with Crippen molar-refractivity contribution in [2.45, 2.75) is 123 Å². The first-order valence-electron chi connectivity index (χ1n) is 15.3. The van der Waals surface area contributed by atoms with Gasteiger partial charge in [-0.25, -0.2) is 4.79 Å². The van der Waals surface area contributed by atoms with Gasteiger partial charge in [-0.2, -0.15) is 0 Å². The fourth-order valence-corrected chi connectivity index (χ4v) is 6.68. The number of esters is 1. The van der Waals surface area contributed by atoms with Crippen LogP contribution in [0.25, 0.3) is 0 Å². The molecule has 2 heterocycles. The number of Topliss-reactive ketones (excluding diaryl/α,β-unsaturated/α-hetero) is 1. The summed E-state index contributed by atoms with van der Waals surface area (Å²) in [6.45, 7) is 16.9. The topological polar surface area (TPSA) is 108 Å². The number of allylic oxidation sites excluding steroid dienone is 2. The van der Waals surface area contributed by atoms with Crippen molar-refractivity contribution >= 4 is 31.9 Å². The number of methoxy groups -OCH3 is 1. The van der Waals surface area contributed by atoms with E-state index in [1.165, 1.54) is 6.08 Å². The number of ether oxygens (including phenoxy) is 2. The molecule has 9 heteroatoms. The molecule has 8 nitrogen and oxygen atoms in total. The normalized spacial score (nSPS) is 29.0. The minimum absolute atomic E-state index is 0.00504. The Morgan fingerprint density at radius 3 is 2.33 bits per heavy atom. The Kier molecular flexibility index (Phi) is 13.6. The summed E-state index contributed by atoms with van der Waals surface area (Å²) in [5.74, 6) is -1.71. The van der Waals surface area contributed by atoms with Crippen molar-refractivity contribution in [3.05, 3.63) is 36.0 Å². The molecule has 0 bridgehead atoms. The third kappa shape index (κ3) is 10.7. The molecular formula is C33H53NO7Si. The fraction of sp³-hybridized carbons (Fsp3) is 0.697. The van der Waals surface area contributed by atoms with E-state index in [2.05, 4.69) is 64.3 Å². The average molecular weight is 604 g/mol. The molecule has 2 amide bonds. The number of imide groups is 1. The van der Waals surface area contributed by atoms with Gasteiger partial charge in [-0.15, -0.1) is 0 Å². The molecule has 1 N–H and O–H groups in total. The third-order valence-electron chi connectivity index (χ3n) is 8.87. The van der Waals surface area contributed by atoms with E-state index in [-0.39, 0.29) is 53.1 Å². The Bertz CT molecular complexity index is 1040. The second kappa shape index (κ2) is 15.9. The van der Waals surface area contributed by atoms with Gasteiger partial charge in [0, 0.05) is 38.4 Å². The standard InChI is InChI=1S/C33H53NO7Si/c1-22-19-23(2)32(41-42(8,9)33(4,5)6)27(39-7)17-12-10-11-13-18-30(38)40-31(22)24(3)26(35)16-14-15-25-20-28(36)34-29(37)21-25/h12-13,17-19,23-25,27,31-32H,10-11,14-16,20-21H2,1-9H3,(H,34,36,37)/b17-12+,18-13+,22-19-/t23-,24-,27+,31?,32+/m1/s1. The van der Waals surface area contributed by atoms with Gasteiger partial charge in [-0.3, -0.25) is 19.7 Å². The van der Waals surface area contributed by atoms with Gasteiger partial charge in [0.1, 0.15) is 18.0 Å². The van der Waals surface area contributed by atoms with Crippen LogP contribution in [0, 0.1) is 17.8 Å². The molecule has 1 fully saturated rings. The highest BCUT2D eigenvalue weighted by atomic mass is 28.4. The molecule has 5 atom stereocenters.